The van der Waals surface area contributed by atoms with Crippen molar-refractivity contribution < 1.29 is 14.4 Å². The first-order valence-corrected chi connectivity index (χ1v) is 9.99. The number of nitrogens with zero attached hydrogens (tertiary/aromatic N) is 3. The summed E-state index contributed by atoms with van der Waals surface area (Å²) >= 11 is 0. The van der Waals surface area contributed by atoms with E-state index in [0.29, 0.717) is 16.9 Å². The summed E-state index contributed by atoms with van der Waals surface area (Å²) in [5.41, 5.74) is -0.113. The summed E-state index contributed by atoms with van der Waals surface area (Å²) < 4.78 is 0. The lowest BCUT2D eigenvalue weighted by Crippen LogP contribution is -2.74. The van der Waals surface area contributed by atoms with E-state index in [0.717, 1.165) is 0 Å². The summed E-state index contributed by atoms with van der Waals surface area (Å²) in [5.74, 6) is -1.31. The number of hydrogen-bond acceptors (Lipinski definition) is 4. The lowest BCUT2D eigenvalue weighted by molar-refractivity contribution is -0.139. The maximum atomic E-state index is 13.7. The standard InChI is InChI=1S/C25H19N3O3/c1-25-21(20(29)17-11-5-2-6-12-17)26-24(27(22(25)30)18-13-7-3-8-14-18)28(23(25)31)19-15-9-4-10-16-19/h2-16,24H,1H3. The molecule has 3 aliphatic rings. The summed E-state index contributed by atoms with van der Waals surface area (Å²) in [4.78, 5) is 48.4. The summed E-state index contributed by atoms with van der Waals surface area (Å²) in [5, 5.41) is 0. The molecule has 0 atom stereocenters. The van der Waals surface area contributed by atoms with Gasteiger partial charge in [-0.1, -0.05) is 66.7 Å². The Kier molecular flexibility index (Phi) is 4.29. The Morgan fingerprint density at radius 1 is 0.742 bits per heavy atom. The maximum Gasteiger partial charge on any atom is 0.251 e. The van der Waals surface area contributed by atoms with E-state index >= 15 is 0 Å². The van der Waals surface area contributed by atoms with E-state index < -0.39 is 29.3 Å². The van der Waals surface area contributed by atoms with E-state index in [1.54, 1.807) is 54.6 Å². The fourth-order valence-corrected chi connectivity index (χ4v) is 4.15. The minimum Gasteiger partial charge on any atom is -0.287 e. The van der Waals surface area contributed by atoms with Gasteiger partial charge in [0.2, 0.25) is 12.1 Å². The third-order valence-electron chi connectivity index (χ3n) is 5.79. The lowest BCUT2D eigenvalue weighted by atomic mass is 9.74. The number of rotatable bonds is 4. The number of fused-ring (bicyclic) bond motifs is 2. The summed E-state index contributed by atoms with van der Waals surface area (Å²) in [6.45, 7) is 1.50. The average molecular weight is 409 g/mol. The SMILES string of the molecule is CC12C(=O)N(c3ccccc3)C(N=C1C(=O)c1ccccc1)N(c1ccccc1)C2=O. The van der Waals surface area contributed by atoms with Crippen molar-refractivity contribution in [1.82, 2.24) is 0 Å². The van der Waals surface area contributed by atoms with Crippen LogP contribution in [0.4, 0.5) is 11.4 Å². The predicted octanol–water partition coefficient (Wildman–Crippen LogP) is 3.69. The highest BCUT2D eigenvalue weighted by Gasteiger charge is 2.63. The molecule has 31 heavy (non-hydrogen) atoms. The number of benzene rings is 3. The van der Waals surface area contributed by atoms with Crippen molar-refractivity contribution in [2.24, 2.45) is 10.4 Å². The fourth-order valence-electron chi connectivity index (χ4n) is 4.15. The number of ketones is 1. The van der Waals surface area contributed by atoms with Gasteiger partial charge in [0.25, 0.3) is 11.8 Å². The molecule has 152 valence electrons. The van der Waals surface area contributed by atoms with Crippen molar-refractivity contribution in [2.75, 3.05) is 9.80 Å². The van der Waals surface area contributed by atoms with Crippen molar-refractivity contribution in [3.05, 3.63) is 96.6 Å². The third-order valence-corrected chi connectivity index (χ3v) is 5.79. The van der Waals surface area contributed by atoms with Crippen LogP contribution in [0, 0.1) is 5.41 Å². The van der Waals surface area contributed by atoms with Gasteiger partial charge in [0.15, 0.2) is 5.41 Å². The number of para-hydroxylation sites is 2. The van der Waals surface area contributed by atoms with E-state index in [2.05, 4.69) is 0 Å². The Balaban J connectivity index is 1.71. The number of Topliss-reactive ketones (excluding diaryl/α,β-unsaturated/α-hetero) is 1. The minimum absolute atomic E-state index is 0.0157. The molecule has 0 aliphatic carbocycles. The van der Waals surface area contributed by atoms with E-state index in [1.807, 2.05) is 36.4 Å². The first-order chi connectivity index (χ1) is 15.0. The Hall–Kier alpha value is -4.06. The summed E-state index contributed by atoms with van der Waals surface area (Å²) in [7, 11) is 0. The van der Waals surface area contributed by atoms with Gasteiger partial charge in [-0.3, -0.25) is 24.2 Å². The number of amides is 2. The Labute approximate surface area is 179 Å². The first kappa shape index (κ1) is 18.9. The molecular weight excluding hydrogens is 390 g/mol. The van der Waals surface area contributed by atoms with Crippen molar-refractivity contribution >= 4 is 34.7 Å². The molecular formula is C25H19N3O3. The van der Waals surface area contributed by atoms with Gasteiger partial charge in [-0.05, 0) is 31.2 Å². The summed E-state index contributed by atoms with van der Waals surface area (Å²) in [6.07, 6.45) is -0.978. The molecule has 0 saturated carbocycles. The van der Waals surface area contributed by atoms with Crippen LogP contribution in [0.2, 0.25) is 0 Å². The van der Waals surface area contributed by atoms with Crippen LogP contribution in [-0.2, 0) is 9.59 Å². The highest BCUT2D eigenvalue weighted by Crippen LogP contribution is 2.43. The Morgan fingerprint density at radius 3 is 1.61 bits per heavy atom. The van der Waals surface area contributed by atoms with Crippen LogP contribution in [0.3, 0.4) is 0 Å². The molecule has 1 saturated heterocycles. The molecule has 0 spiro atoms. The molecule has 0 N–H and O–H groups in total. The molecule has 3 aliphatic heterocycles. The van der Waals surface area contributed by atoms with Gasteiger partial charge in [0, 0.05) is 16.9 Å². The van der Waals surface area contributed by atoms with E-state index in [9.17, 15) is 14.4 Å². The predicted molar refractivity (Wildman–Crippen MR) is 118 cm³/mol. The maximum absolute atomic E-state index is 13.7. The van der Waals surface area contributed by atoms with Crippen molar-refractivity contribution in [2.45, 2.75) is 13.2 Å². The van der Waals surface area contributed by atoms with Crippen LogP contribution in [-0.4, -0.2) is 29.6 Å². The second-order valence-electron chi connectivity index (χ2n) is 7.67. The van der Waals surface area contributed by atoms with Gasteiger partial charge in [-0.15, -0.1) is 0 Å². The average Bonchev–Trinajstić information content (AvgIpc) is 2.82. The van der Waals surface area contributed by atoms with Crippen molar-refractivity contribution in [3.63, 3.8) is 0 Å². The van der Waals surface area contributed by atoms with Gasteiger partial charge in [0.1, 0.15) is 5.71 Å². The highest BCUT2D eigenvalue weighted by molar-refractivity contribution is 6.57. The van der Waals surface area contributed by atoms with Crippen molar-refractivity contribution in [3.8, 4) is 0 Å². The lowest BCUT2D eigenvalue weighted by Gasteiger charge is -2.52. The number of hydrogen-bond donors (Lipinski definition) is 0. The molecule has 6 nitrogen and oxygen atoms in total. The van der Waals surface area contributed by atoms with Gasteiger partial charge in [0.05, 0.1) is 0 Å². The molecule has 6 rings (SSSR count). The fraction of sp³-hybridized carbons (Fsp3) is 0.120. The quantitative estimate of drug-likeness (QED) is 0.487. The zero-order valence-corrected chi connectivity index (χ0v) is 16.8. The van der Waals surface area contributed by atoms with Gasteiger partial charge in [-0.25, -0.2) is 4.99 Å². The molecule has 6 heteroatoms. The Bertz CT molecular complexity index is 1150. The van der Waals surface area contributed by atoms with Crippen molar-refractivity contribution in [1.29, 1.82) is 0 Å². The second kappa shape index (κ2) is 7.02. The minimum atomic E-state index is -1.73. The highest BCUT2D eigenvalue weighted by atomic mass is 16.2. The summed E-state index contributed by atoms with van der Waals surface area (Å²) in [6, 6.07) is 26.8. The molecule has 2 bridgehead atoms. The molecule has 3 heterocycles. The normalized spacial score (nSPS) is 22.5. The van der Waals surface area contributed by atoms with Gasteiger partial charge < -0.3 is 0 Å². The molecule has 0 radical (unpaired) electrons. The molecule has 1 fully saturated rings. The molecule has 0 unspecified atom stereocenters. The smallest absolute Gasteiger partial charge is 0.251 e. The molecule has 2 amide bonds. The van der Waals surface area contributed by atoms with E-state index in [-0.39, 0.29) is 5.71 Å². The van der Waals surface area contributed by atoms with Crippen LogP contribution in [0.5, 0.6) is 0 Å². The van der Waals surface area contributed by atoms with E-state index in [4.69, 9.17) is 4.99 Å². The van der Waals surface area contributed by atoms with Gasteiger partial charge >= 0.3 is 0 Å². The first-order valence-electron chi connectivity index (χ1n) is 9.99. The van der Waals surface area contributed by atoms with Gasteiger partial charge in [-0.2, -0.15) is 0 Å². The molecule has 0 aromatic heterocycles. The largest absolute Gasteiger partial charge is 0.287 e. The second-order valence-corrected chi connectivity index (χ2v) is 7.67. The number of carbonyl (C=O) groups is 3. The monoisotopic (exact) mass is 409 g/mol. The zero-order chi connectivity index (χ0) is 21.6. The Morgan fingerprint density at radius 2 is 1.16 bits per heavy atom. The topological polar surface area (TPSA) is 70.1 Å². The molecule has 3 aromatic carbocycles. The third kappa shape index (κ3) is 2.72. The van der Waals surface area contributed by atoms with Crippen LogP contribution in [0.15, 0.2) is 96.0 Å². The number of anilines is 2. The van der Waals surface area contributed by atoms with E-state index in [1.165, 1.54) is 16.7 Å². The van der Waals surface area contributed by atoms with Crippen LogP contribution >= 0.6 is 0 Å². The molecule has 3 aromatic rings. The number of aliphatic imine (C=N–C) groups is 1. The van der Waals surface area contributed by atoms with Crippen LogP contribution in [0.1, 0.15) is 17.3 Å². The zero-order valence-electron chi connectivity index (χ0n) is 16.8. The number of carbonyl (C=O) groups excluding carboxylic acids is 3. The van der Waals surface area contributed by atoms with Crippen LogP contribution < -0.4 is 9.80 Å². The van der Waals surface area contributed by atoms with Crippen LogP contribution in [0.25, 0.3) is 0 Å².